The summed E-state index contributed by atoms with van der Waals surface area (Å²) >= 11 is 1.56. The molecule has 0 bridgehead atoms. The van der Waals surface area contributed by atoms with Crippen LogP contribution in [0.3, 0.4) is 0 Å². The third-order valence-corrected chi connectivity index (χ3v) is 5.35. The molecule has 1 amide bonds. The Bertz CT molecular complexity index is 574. The van der Waals surface area contributed by atoms with Gasteiger partial charge in [-0.25, -0.2) is 4.79 Å². The molecular formula is C16H21NO3S. The monoisotopic (exact) mass is 307 g/mol. The third kappa shape index (κ3) is 2.98. The zero-order chi connectivity index (χ0) is 15.0. The maximum absolute atomic E-state index is 12.3. The van der Waals surface area contributed by atoms with Gasteiger partial charge in [-0.3, -0.25) is 4.79 Å². The van der Waals surface area contributed by atoms with Crippen LogP contribution in [0.25, 0.3) is 0 Å². The standard InChI is InChI=1S/C16H21NO3S/c1-3-20-16(19)13-11-7-4-9(2)8-12(11)21-15(13)17-14(18)10-5-6-10/h9-10H,3-8H2,1-2H3,(H,17,18)/t9-/m1/s1. The highest BCUT2D eigenvalue weighted by Gasteiger charge is 2.33. The smallest absolute Gasteiger partial charge is 0.341 e. The van der Waals surface area contributed by atoms with E-state index in [4.69, 9.17) is 4.74 Å². The van der Waals surface area contributed by atoms with Gasteiger partial charge in [-0.1, -0.05) is 6.92 Å². The Morgan fingerprint density at radius 2 is 2.10 bits per heavy atom. The first-order chi connectivity index (χ1) is 10.1. The van der Waals surface area contributed by atoms with E-state index >= 15 is 0 Å². The largest absolute Gasteiger partial charge is 0.462 e. The SMILES string of the molecule is CCOC(=O)c1c(NC(=O)C2CC2)sc2c1CC[C@@H](C)C2. The van der Waals surface area contributed by atoms with Gasteiger partial charge < -0.3 is 10.1 Å². The number of esters is 1. The van der Waals surface area contributed by atoms with Crippen LogP contribution in [0.1, 0.15) is 53.9 Å². The van der Waals surface area contributed by atoms with Crippen molar-refractivity contribution in [3.8, 4) is 0 Å². The van der Waals surface area contributed by atoms with Gasteiger partial charge in [0, 0.05) is 10.8 Å². The van der Waals surface area contributed by atoms with Crippen LogP contribution in [-0.4, -0.2) is 18.5 Å². The fraction of sp³-hybridized carbons (Fsp3) is 0.625. The highest BCUT2D eigenvalue weighted by molar-refractivity contribution is 7.17. The highest BCUT2D eigenvalue weighted by Crippen LogP contribution is 2.41. The number of carbonyl (C=O) groups is 2. The van der Waals surface area contributed by atoms with Gasteiger partial charge in [-0.15, -0.1) is 11.3 Å². The quantitative estimate of drug-likeness (QED) is 0.867. The molecule has 0 saturated heterocycles. The zero-order valence-corrected chi connectivity index (χ0v) is 13.3. The van der Waals surface area contributed by atoms with Crippen LogP contribution in [0, 0.1) is 11.8 Å². The summed E-state index contributed by atoms with van der Waals surface area (Å²) in [6, 6.07) is 0. The number of nitrogens with one attached hydrogen (secondary N) is 1. The first-order valence-electron chi connectivity index (χ1n) is 7.72. The molecule has 0 spiro atoms. The number of anilines is 1. The van der Waals surface area contributed by atoms with Crippen LogP contribution in [0.15, 0.2) is 0 Å². The summed E-state index contributed by atoms with van der Waals surface area (Å²) in [5.74, 6) is 0.527. The fourth-order valence-electron chi connectivity index (χ4n) is 2.82. The molecule has 4 nitrogen and oxygen atoms in total. The topological polar surface area (TPSA) is 55.4 Å². The number of hydrogen-bond donors (Lipinski definition) is 1. The van der Waals surface area contributed by atoms with Gasteiger partial charge in [0.2, 0.25) is 5.91 Å². The van der Waals surface area contributed by atoms with E-state index in [-0.39, 0.29) is 17.8 Å². The van der Waals surface area contributed by atoms with Crippen LogP contribution >= 0.6 is 11.3 Å². The molecule has 2 aliphatic carbocycles. The van der Waals surface area contributed by atoms with E-state index in [0.717, 1.165) is 37.7 Å². The number of thiophene rings is 1. The summed E-state index contributed by atoms with van der Waals surface area (Å²) in [7, 11) is 0. The van der Waals surface area contributed by atoms with Crippen molar-refractivity contribution >= 4 is 28.2 Å². The summed E-state index contributed by atoms with van der Waals surface area (Å²) in [5.41, 5.74) is 1.71. The average Bonchev–Trinajstić information content (AvgIpc) is 3.21. The van der Waals surface area contributed by atoms with Crippen LogP contribution in [-0.2, 0) is 22.4 Å². The summed E-state index contributed by atoms with van der Waals surface area (Å²) in [4.78, 5) is 25.5. The molecule has 21 heavy (non-hydrogen) atoms. The Morgan fingerprint density at radius 1 is 1.33 bits per heavy atom. The van der Waals surface area contributed by atoms with Crippen molar-refractivity contribution < 1.29 is 14.3 Å². The first kappa shape index (κ1) is 14.6. The summed E-state index contributed by atoms with van der Waals surface area (Å²) in [6.45, 7) is 4.40. The highest BCUT2D eigenvalue weighted by atomic mass is 32.1. The summed E-state index contributed by atoms with van der Waals surface area (Å²) in [6.07, 6.45) is 4.91. The lowest BCUT2D eigenvalue weighted by atomic mass is 9.88. The molecule has 5 heteroatoms. The van der Waals surface area contributed by atoms with Gasteiger partial charge in [0.15, 0.2) is 0 Å². The van der Waals surface area contributed by atoms with Gasteiger partial charge in [0.1, 0.15) is 5.00 Å². The molecule has 1 fully saturated rings. The van der Waals surface area contributed by atoms with E-state index in [2.05, 4.69) is 12.2 Å². The predicted octanol–water partition coefficient (Wildman–Crippen LogP) is 3.40. The van der Waals surface area contributed by atoms with Gasteiger partial charge >= 0.3 is 5.97 Å². The van der Waals surface area contributed by atoms with Crippen LogP contribution in [0.5, 0.6) is 0 Å². The van der Waals surface area contributed by atoms with E-state index in [1.165, 1.54) is 4.88 Å². The molecular weight excluding hydrogens is 286 g/mol. The third-order valence-electron chi connectivity index (χ3n) is 4.18. The van der Waals surface area contributed by atoms with Crippen molar-refractivity contribution in [1.82, 2.24) is 0 Å². The van der Waals surface area contributed by atoms with Crippen molar-refractivity contribution in [3.05, 3.63) is 16.0 Å². The lowest BCUT2D eigenvalue weighted by Crippen LogP contribution is -2.17. The molecule has 1 atom stereocenters. The lowest BCUT2D eigenvalue weighted by molar-refractivity contribution is -0.117. The Hall–Kier alpha value is -1.36. The van der Waals surface area contributed by atoms with E-state index in [1.807, 2.05) is 0 Å². The number of ether oxygens (including phenoxy) is 1. The fourth-order valence-corrected chi connectivity index (χ4v) is 4.22. The van der Waals surface area contributed by atoms with Crippen molar-refractivity contribution in [2.45, 2.75) is 46.0 Å². The molecule has 3 rings (SSSR count). The maximum Gasteiger partial charge on any atom is 0.341 e. The van der Waals surface area contributed by atoms with Crippen molar-refractivity contribution in [3.63, 3.8) is 0 Å². The second kappa shape index (κ2) is 5.79. The zero-order valence-electron chi connectivity index (χ0n) is 12.5. The second-order valence-electron chi connectivity index (χ2n) is 6.04. The van der Waals surface area contributed by atoms with Gasteiger partial charge in [0.25, 0.3) is 0 Å². The van der Waals surface area contributed by atoms with Gasteiger partial charge in [-0.05, 0) is 50.5 Å². The first-order valence-corrected chi connectivity index (χ1v) is 8.54. The van der Waals surface area contributed by atoms with Crippen molar-refractivity contribution in [2.75, 3.05) is 11.9 Å². The normalized spacial score (nSPS) is 20.8. The Balaban J connectivity index is 1.92. The van der Waals surface area contributed by atoms with Gasteiger partial charge in [0.05, 0.1) is 12.2 Å². The molecule has 1 heterocycles. The van der Waals surface area contributed by atoms with E-state index in [0.29, 0.717) is 23.1 Å². The molecule has 1 N–H and O–H groups in total. The molecule has 1 aromatic heterocycles. The van der Waals surface area contributed by atoms with Gasteiger partial charge in [-0.2, -0.15) is 0 Å². The molecule has 0 aromatic carbocycles. The maximum atomic E-state index is 12.3. The minimum Gasteiger partial charge on any atom is -0.462 e. The minimum atomic E-state index is -0.296. The Labute approximate surface area is 128 Å². The molecule has 114 valence electrons. The molecule has 0 unspecified atom stereocenters. The van der Waals surface area contributed by atoms with E-state index < -0.39 is 0 Å². The molecule has 1 aromatic rings. The van der Waals surface area contributed by atoms with E-state index in [1.54, 1.807) is 18.3 Å². The predicted molar refractivity (Wildman–Crippen MR) is 82.8 cm³/mol. The van der Waals surface area contributed by atoms with Crippen LogP contribution < -0.4 is 5.32 Å². The number of rotatable bonds is 4. The summed E-state index contributed by atoms with van der Waals surface area (Å²) in [5, 5.41) is 3.66. The average molecular weight is 307 g/mol. The van der Waals surface area contributed by atoms with E-state index in [9.17, 15) is 9.59 Å². The number of fused-ring (bicyclic) bond motifs is 1. The Morgan fingerprint density at radius 3 is 2.76 bits per heavy atom. The number of hydrogen-bond acceptors (Lipinski definition) is 4. The molecule has 0 aliphatic heterocycles. The summed E-state index contributed by atoms with van der Waals surface area (Å²) < 4.78 is 5.19. The van der Waals surface area contributed by atoms with Crippen molar-refractivity contribution in [1.29, 1.82) is 0 Å². The molecule has 0 radical (unpaired) electrons. The minimum absolute atomic E-state index is 0.0483. The van der Waals surface area contributed by atoms with Crippen LogP contribution in [0.4, 0.5) is 5.00 Å². The molecule has 2 aliphatic rings. The van der Waals surface area contributed by atoms with Crippen molar-refractivity contribution in [2.24, 2.45) is 11.8 Å². The number of amides is 1. The second-order valence-corrected chi connectivity index (χ2v) is 7.15. The van der Waals surface area contributed by atoms with Crippen LogP contribution in [0.2, 0.25) is 0 Å². The Kier molecular flexibility index (Phi) is 4.02. The number of carbonyl (C=O) groups excluding carboxylic acids is 2. The molecule has 1 saturated carbocycles. The lowest BCUT2D eigenvalue weighted by Gasteiger charge is -2.18.